The first-order valence-corrected chi connectivity index (χ1v) is 4.94. The molecule has 0 spiro atoms. The van der Waals surface area contributed by atoms with Crippen molar-refractivity contribution in [1.82, 2.24) is 14.8 Å². The molecule has 0 saturated carbocycles. The molecule has 0 aliphatic carbocycles. The summed E-state index contributed by atoms with van der Waals surface area (Å²) in [5, 5.41) is 4.15. The highest BCUT2D eigenvalue weighted by Crippen LogP contribution is 2.14. The second-order valence-corrected chi connectivity index (χ2v) is 3.65. The largest absolute Gasteiger partial charge is 0.396 e. The Kier molecular flexibility index (Phi) is 2.67. The lowest BCUT2D eigenvalue weighted by Crippen LogP contribution is -2.07. The zero-order valence-corrected chi connectivity index (χ0v) is 8.67. The highest BCUT2D eigenvalue weighted by atomic mass is 15.3. The number of anilines is 1. The van der Waals surface area contributed by atoms with Crippen LogP contribution in [-0.4, -0.2) is 14.8 Å². The Balaban J connectivity index is 2.07. The van der Waals surface area contributed by atoms with Crippen molar-refractivity contribution in [2.24, 2.45) is 0 Å². The number of nitrogen functional groups attached to an aromatic ring is 1. The molecule has 2 aromatic rings. The van der Waals surface area contributed by atoms with Gasteiger partial charge in [-0.3, -0.25) is 9.67 Å². The van der Waals surface area contributed by atoms with Crippen molar-refractivity contribution < 1.29 is 0 Å². The quantitative estimate of drug-likeness (QED) is 0.823. The fourth-order valence-electron chi connectivity index (χ4n) is 1.52. The van der Waals surface area contributed by atoms with E-state index < -0.39 is 0 Å². The van der Waals surface area contributed by atoms with Crippen molar-refractivity contribution >= 4 is 5.69 Å². The first kappa shape index (κ1) is 9.71. The third-order valence-electron chi connectivity index (χ3n) is 2.31. The molecule has 2 heterocycles. The molecule has 2 rings (SSSR count). The van der Waals surface area contributed by atoms with E-state index in [0.717, 1.165) is 12.2 Å². The van der Waals surface area contributed by atoms with E-state index in [4.69, 9.17) is 5.73 Å². The minimum absolute atomic E-state index is 0.338. The monoisotopic (exact) mass is 202 g/mol. The van der Waals surface area contributed by atoms with E-state index in [9.17, 15) is 0 Å². The Morgan fingerprint density at radius 1 is 1.47 bits per heavy atom. The van der Waals surface area contributed by atoms with Crippen LogP contribution in [0.25, 0.3) is 0 Å². The number of rotatable bonds is 3. The van der Waals surface area contributed by atoms with Crippen LogP contribution in [0.5, 0.6) is 0 Å². The molecule has 0 saturated heterocycles. The van der Waals surface area contributed by atoms with Gasteiger partial charge in [-0.2, -0.15) is 5.10 Å². The fraction of sp³-hybridized carbons (Fsp3) is 0.273. The van der Waals surface area contributed by atoms with Crippen LogP contribution in [0.3, 0.4) is 0 Å². The summed E-state index contributed by atoms with van der Waals surface area (Å²) in [5.41, 5.74) is 7.37. The van der Waals surface area contributed by atoms with Crippen LogP contribution in [0.2, 0.25) is 0 Å². The highest BCUT2D eigenvalue weighted by molar-refractivity contribution is 5.30. The molecule has 0 fully saturated rings. The van der Waals surface area contributed by atoms with Gasteiger partial charge in [-0.15, -0.1) is 0 Å². The summed E-state index contributed by atoms with van der Waals surface area (Å²) in [6, 6.07) is 5.94. The molecular formula is C11H14N4. The van der Waals surface area contributed by atoms with Gasteiger partial charge in [-0.05, 0) is 12.1 Å². The van der Waals surface area contributed by atoms with Gasteiger partial charge in [0.1, 0.15) is 0 Å². The van der Waals surface area contributed by atoms with Crippen molar-refractivity contribution in [1.29, 1.82) is 0 Å². The predicted molar refractivity (Wildman–Crippen MR) is 59.3 cm³/mol. The molecule has 4 nitrogen and oxygen atoms in total. The average Bonchev–Trinajstić information content (AvgIpc) is 2.65. The first-order chi connectivity index (χ1) is 7.25. The maximum Gasteiger partial charge on any atom is 0.0719 e. The molecule has 2 aromatic heterocycles. The second kappa shape index (κ2) is 4.13. The summed E-state index contributed by atoms with van der Waals surface area (Å²) in [6.07, 6.45) is 5.30. The van der Waals surface area contributed by atoms with E-state index in [0.29, 0.717) is 11.6 Å². The number of nitrogens with zero attached hydrogens (tertiary/aromatic N) is 3. The molecule has 15 heavy (non-hydrogen) atoms. The SMILES string of the molecule is CC(Cn1cc(N)cn1)c1ccccn1. The summed E-state index contributed by atoms with van der Waals surface area (Å²) < 4.78 is 1.84. The maximum absolute atomic E-state index is 5.59. The van der Waals surface area contributed by atoms with E-state index >= 15 is 0 Å². The lowest BCUT2D eigenvalue weighted by Gasteiger charge is -2.10. The van der Waals surface area contributed by atoms with Crippen molar-refractivity contribution in [2.75, 3.05) is 5.73 Å². The molecule has 0 amide bonds. The van der Waals surface area contributed by atoms with E-state index in [-0.39, 0.29) is 0 Å². The van der Waals surface area contributed by atoms with Crippen molar-refractivity contribution in [3.8, 4) is 0 Å². The standard InChI is InChI=1S/C11H14N4/c1-9(11-4-2-3-5-13-11)7-15-8-10(12)6-14-15/h2-6,8-9H,7,12H2,1H3. The number of hydrogen-bond acceptors (Lipinski definition) is 3. The topological polar surface area (TPSA) is 56.7 Å². The minimum Gasteiger partial charge on any atom is -0.396 e. The lowest BCUT2D eigenvalue weighted by molar-refractivity contribution is 0.535. The third-order valence-corrected chi connectivity index (χ3v) is 2.31. The molecule has 0 aliphatic heterocycles. The van der Waals surface area contributed by atoms with Gasteiger partial charge in [-0.1, -0.05) is 13.0 Å². The number of pyridine rings is 1. The van der Waals surface area contributed by atoms with Gasteiger partial charge in [0, 0.05) is 30.6 Å². The summed E-state index contributed by atoms with van der Waals surface area (Å²) in [6.45, 7) is 2.93. The molecule has 1 atom stereocenters. The molecule has 4 heteroatoms. The van der Waals surface area contributed by atoms with Crippen LogP contribution in [0.4, 0.5) is 5.69 Å². The minimum atomic E-state index is 0.338. The van der Waals surface area contributed by atoms with Crippen molar-refractivity contribution in [2.45, 2.75) is 19.4 Å². The smallest absolute Gasteiger partial charge is 0.0719 e. The van der Waals surface area contributed by atoms with Gasteiger partial charge < -0.3 is 5.73 Å². The summed E-state index contributed by atoms with van der Waals surface area (Å²) in [7, 11) is 0. The van der Waals surface area contributed by atoms with Crippen LogP contribution in [-0.2, 0) is 6.54 Å². The lowest BCUT2D eigenvalue weighted by atomic mass is 10.1. The normalized spacial score (nSPS) is 12.6. The van der Waals surface area contributed by atoms with Gasteiger partial charge in [0.05, 0.1) is 11.9 Å². The molecule has 2 N–H and O–H groups in total. The van der Waals surface area contributed by atoms with Gasteiger partial charge >= 0.3 is 0 Å². The van der Waals surface area contributed by atoms with Crippen LogP contribution in [0.15, 0.2) is 36.8 Å². The fourth-order valence-corrected chi connectivity index (χ4v) is 1.52. The summed E-state index contributed by atoms with van der Waals surface area (Å²) in [4.78, 5) is 4.31. The van der Waals surface area contributed by atoms with E-state index in [2.05, 4.69) is 17.0 Å². The molecule has 0 bridgehead atoms. The first-order valence-electron chi connectivity index (χ1n) is 4.94. The summed E-state index contributed by atoms with van der Waals surface area (Å²) >= 11 is 0. The Morgan fingerprint density at radius 3 is 2.93 bits per heavy atom. The van der Waals surface area contributed by atoms with E-state index in [1.165, 1.54) is 0 Å². The van der Waals surface area contributed by atoms with Crippen molar-refractivity contribution in [3.63, 3.8) is 0 Å². The second-order valence-electron chi connectivity index (χ2n) is 3.65. The Hall–Kier alpha value is -1.84. The number of nitrogens with two attached hydrogens (primary N) is 1. The van der Waals surface area contributed by atoms with E-state index in [1.807, 2.05) is 35.3 Å². The molecule has 78 valence electrons. The van der Waals surface area contributed by atoms with Crippen LogP contribution in [0.1, 0.15) is 18.5 Å². The molecule has 0 radical (unpaired) electrons. The Bertz CT molecular complexity index is 421. The van der Waals surface area contributed by atoms with Gasteiger partial charge in [0.15, 0.2) is 0 Å². The molecule has 0 aliphatic rings. The van der Waals surface area contributed by atoms with E-state index in [1.54, 1.807) is 6.20 Å². The summed E-state index contributed by atoms with van der Waals surface area (Å²) in [5.74, 6) is 0.338. The maximum atomic E-state index is 5.59. The highest BCUT2D eigenvalue weighted by Gasteiger charge is 2.07. The molecular weight excluding hydrogens is 188 g/mol. The number of hydrogen-bond donors (Lipinski definition) is 1. The Labute approximate surface area is 88.8 Å². The Morgan fingerprint density at radius 2 is 2.33 bits per heavy atom. The number of aromatic nitrogens is 3. The van der Waals surface area contributed by atoms with Crippen LogP contribution in [0, 0.1) is 0 Å². The van der Waals surface area contributed by atoms with Gasteiger partial charge in [-0.25, -0.2) is 0 Å². The van der Waals surface area contributed by atoms with Gasteiger partial charge in [0.25, 0.3) is 0 Å². The van der Waals surface area contributed by atoms with Crippen LogP contribution < -0.4 is 5.73 Å². The van der Waals surface area contributed by atoms with Crippen molar-refractivity contribution in [3.05, 3.63) is 42.5 Å². The molecule has 1 unspecified atom stereocenters. The zero-order valence-electron chi connectivity index (χ0n) is 8.67. The predicted octanol–water partition coefficient (Wildman–Crippen LogP) is 1.66. The van der Waals surface area contributed by atoms with Gasteiger partial charge in [0.2, 0.25) is 0 Å². The van der Waals surface area contributed by atoms with Crippen LogP contribution >= 0.6 is 0 Å². The third kappa shape index (κ3) is 2.34. The average molecular weight is 202 g/mol. The molecule has 0 aromatic carbocycles. The zero-order chi connectivity index (χ0) is 10.7.